The number of aliphatic hydroxyl groups is 1. The first-order chi connectivity index (χ1) is 7.31. The lowest BCUT2D eigenvalue weighted by atomic mass is 10.0. The Morgan fingerprint density at radius 1 is 1.33 bits per heavy atom. The van der Waals surface area contributed by atoms with Gasteiger partial charge in [0.1, 0.15) is 0 Å². The molecule has 2 nitrogen and oxygen atoms in total. The van der Waals surface area contributed by atoms with Crippen molar-refractivity contribution >= 4 is 5.69 Å². The van der Waals surface area contributed by atoms with E-state index in [9.17, 15) is 0 Å². The minimum absolute atomic E-state index is 0.313. The molecule has 2 heteroatoms. The molecule has 0 radical (unpaired) electrons. The molecule has 0 aromatic heterocycles. The molecule has 0 unspecified atom stereocenters. The Bertz CT molecular complexity index is 335. The molecule has 0 spiro atoms. The topological polar surface area (TPSA) is 23.5 Å². The summed E-state index contributed by atoms with van der Waals surface area (Å²) in [5.74, 6) is 0. The monoisotopic (exact) mass is 205 g/mol. The van der Waals surface area contributed by atoms with Crippen LogP contribution in [-0.2, 0) is 12.8 Å². The van der Waals surface area contributed by atoms with Gasteiger partial charge in [-0.1, -0.05) is 12.1 Å². The summed E-state index contributed by atoms with van der Waals surface area (Å²) in [6.45, 7) is 1.46. The Kier molecular flexibility index (Phi) is 3.27. The Labute approximate surface area is 91.5 Å². The highest BCUT2D eigenvalue weighted by Gasteiger charge is 2.14. The molecule has 1 aromatic rings. The standard InChI is InChI=1S/C13H19NO/c1-14-8-7-12-10-11(4-2-3-9-15)5-6-13(12)14/h5-6,10,15H,2-4,7-9H2,1H3. The Morgan fingerprint density at radius 3 is 3.00 bits per heavy atom. The van der Waals surface area contributed by atoms with Crippen LogP contribution in [-0.4, -0.2) is 25.3 Å². The molecule has 0 saturated heterocycles. The van der Waals surface area contributed by atoms with Crippen molar-refractivity contribution in [2.24, 2.45) is 0 Å². The van der Waals surface area contributed by atoms with Crippen LogP contribution in [0.5, 0.6) is 0 Å². The molecule has 1 aromatic carbocycles. The number of rotatable bonds is 4. The van der Waals surface area contributed by atoms with E-state index in [0.29, 0.717) is 6.61 Å². The van der Waals surface area contributed by atoms with Crippen molar-refractivity contribution in [3.05, 3.63) is 29.3 Å². The van der Waals surface area contributed by atoms with E-state index in [-0.39, 0.29) is 0 Å². The van der Waals surface area contributed by atoms with Crippen LogP contribution >= 0.6 is 0 Å². The second-order valence-electron chi connectivity index (χ2n) is 4.32. The lowest BCUT2D eigenvalue weighted by Gasteiger charge is -2.12. The Morgan fingerprint density at radius 2 is 2.20 bits per heavy atom. The first kappa shape index (κ1) is 10.5. The van der Waals surface area contributed by atoms with Crippen LogP contribution in [0, 0.1) is 0 Å². The molecule has 0 saturated carbocycles. The van der Waals surface area contributed by atoms with Crippen molar-refractivity contribution in [2.75, 3.05) is 25.1 Å². The van der Waals surface area contributed by atoms with E-state index < -0.39 is 0 Å². The second-order valence-corrected chi connectivity index (χ2v) is 4.32. The zero-order valence-electron chi connectivity index (χ0n) is 9.37. The molecule has 1 heterocycles. The zero-order chi connectivity index (χ0) is 10.7. The fraction of sp³-hybridized carbons (Fsp3) is 0.538. The van der Waals surface area contributed by atoms with Crippen LogP contribution in [0.25, 0.3) is 0 Å². The van der Waals surface area contributed by atoms with Gasteiger partial charge in [0, 0.05) is 25.9 Å². The SMILES string of the molecule is CN1CCc2cc(CCCCO)ccc21. The summed E-state index contributed by atoms with van der Waals surface area (Å²) >= 11 is 0. The molecule has 0 aliphatic carbocycles. The number of fused-ring (bicyclic) bond motifs is 1. The molecule has 1 aliphatic rings. The van der Waals surface area contributed by atoms with E-state index >= 15 is 0 Å². The maximum absolute atomic E-state index is 8.73. The van der Waals surface area contributed by atoms with Crippen LogP contribution in [0.1, 0.15) is 24.0 Å². The summed E-state index contributed by atoms with van der Waals surface area (Å²) < 4.78 is 0. The first-order valence-electron chi connectivity index (χ1n) is 5.75. The molecular weight excluding hydrogens is 186 g/mol. The first-order valence-corrected chi connectivity index (χ1v) is 5.75. The maximum atomic E-state index is 8.73. The molecule has 15 heavy (non-hydrogen) atoms. The van der Waals surface area contributed by atoms with Crippen LogP contribution in [0.15, 0.2) is 18.2 Å². The van der Waals surface area contributed by atoms with Crippen molar-refractivity contribution in [1.29, 1.82) is 0 Å². The quantitative estimate of drug-likeness (QED) is 0.760. The number of aryl methyl sites for hydroxylation is 1. The largest absolute Gasteiger partial charge is 0.396 e. The van der Waals surface area contributed by atoms with Crippen molar-refractivity contribution in [2.45, 2.75) is 25.7 Å². The fourth-order valence-corrected chi connectivity index (χ4v) is 2.22. The van der Waals surface area contributed by atoms with E-state index in [4.69, 9.17) is 5.11 Å². The van der Waals surface area contributed by atoms with Crippen molar-refractivity contribution in [3.8, 4) is 0 Å². The highest BCUT2D eigenvalue weighted by molar-refractivity contribution is 5.58. The van der Waals surface area contributed by atoms with E-state index in [2.05, 4.69) is 30.1 Å². The van der Waals surface area contributed by atoms with Gasteiger partial charge in [-0.05, 0) is 42.9 Å². The van der Waals surface area contributed by atoms with Gasteiger partial charge in [-0.2, -0.15) is 0 Å². The van der Waals surface area contributed by atoms with Gasteiger partial charge in [-0.3, -0.25) is 0 Å². The molecule has 0 fully saturated rings. The summed E-state index contributed by atoms with van der Waals surface area (Å²) in [5.41, 5.74) is 4.29. The minimum Gasteiger partial charge on any atom is -0.396 e. The van der Waals surface area contributed by atoms with Gasteiger partial charge in [-0.15, -0.1) is 0 Å². The van der Waals surface area contributed by atoms with E-state index in [1.54, 1.807) is 0 Å². The molecule has 0 amide bonds. The summed E-state index contributed by atoms with van der Waals surface area (Å²) in [7, 11) is 2.15. The number of benzene rings is 1. The van der Waals surface area contributed by atoms with Crippen molar-refractivity contribution in [1.82, 2.24) is 0 Å². The van der Waals surface area contributed by atoms with Gasteiger partial charge in [0.2, 0.25) is 0 Å². The molecular formula is C13H19NO. The summed E-state index contributed by atoms with van der Waals surface area (Å²) in [5, 5.41) is 8.73. The van der Waals surface area contributed by atoms with Gasteiger partial charge in [0.15, 0.2) is 0 Å². The average Bonchev–Trinajstić information content (AvgIpc) is 2.61. The lowest BCUT2D eigenvalue weighted by Crippen LogP contribution is -2.12. The highest BCUT2D eigenvalue weighted by atomic mass is 16.2. The van der Waals surface area contributed by atoms with Crippen LogP contribution in [0.2, 0.25) is 0 Å². The smallest absolute Gasteiger partial charge is 0.0431 e. The number of unbranched alkanes of at least 4 members (excludes halogenated alkanes) is 1. The summed E-state index contributed by atoms with van der Waals surface area (Å²) in [6, 6.07) is 6.78. The Balaban J connectivity index is 2.03. The number of aliphatic hydroxyl groups excluding tert-OH is 1. The highest BCUT2D eigenvalue weighted by Crippen LogP contribution is 2.27. The molecule has 1 N–H and O–H groups in total. The number of hydrogen-bond donors (Lipinski definition) is 1. The van der Waals surface area contributed by atoms with E-state index in [0.717, 1.165) is 25.8 Å². The number of likely N-dealkylation sites (N-methyl/N-ethyl adjacent to an activating group) is 1. The third-order valence-corrected chi connectivity index (χ3v) is 3.15. The Hall–Kier alpha value is -1.02. The number of hydrogen-bond acceptors (Lipinski definition) is 2. The number of nitrogens with zero attached hydrogens (tertiary/aromatic N) is 1. The van der Waals surface area contributed by atoms with E-state index in [1.165, 1.54) is 23.2 Å². The molecule has 2 rings (SSSR count). The van der Waals surface area contributed by atoms with Crippen LogP contribution < -0.4 is 4.90 Å². The third-order valence-electron chi connectivity index (χ3n) is 3.15. The van der Waals surface area contributed by atoms with Gasteiger partial charge in [0.25, 0.3) is 0 Å². The molecule has 0 bridgehead atoms. The van der Waals surface area contributed by atoms with Crippen LogP contribution in [0.4, 0.5) is 5.69 Å². The summed E-state index contributed by atoms with van der Waals surface area (Å²) in [6.07, 6.45) is 4.28. The van der Waals surface area contributed by atoms with Crippen molar-refractivity contribution < 1.29 is 5.11 Å². The predicted octanol–water partition coefficient (Wildman–Crippen LogP) is 1.99. The summed E-state index contributed by atoms with van der Waals surface area (Å²) in [4.78, 5) is 2.31. The fourth-order valence-electron chi connectivity index (χ4n) is 2.22. The predicted molar refractivity (Wildman–Crippen MR) is 63.4 cm³/mol. The van der Waals surface area contributed by atoms with Gasteiger partial charge < -0.3 is 10.0 Å². The lowest BCUT2D eigenvalue weighted by molar-refractivity contribution is 0.284. The van der Waals surface area contributed by atoms with E-state index in [1.807, 2.05) is 0 Å². The average molecular weight is 205 g/mol. The molecule has 82 valence electrons. The van der Waals surface area contributed by atoms with Gasteiger partial charge >= 0.3 is 0 Å². The van der Waals surface area contributed by atoms with Crippen molar-refractivity contribution in [3.63, 3.8) is 0 Å². The molecule has 1 aliphatic heterocycles. The minimum atomic E-state index is 0.313. The normalized spacial score (nSPS) is 14.4. The van der Waals surface area contributed by atoms with Crippen LogP contribution in [0.3, 0.4) is 0 Å². The zero-order valence-corrected chi connectivity index (χ0v) is 9.37. The second kappa shape index (κ2) is 4.67. The molecule has 0 atom stereocenters. The van der Waals surface area contributed by atoms with Gasteiger partial charge in [-0.25, -0.2) is 0 Å². The third kappa shape index (κ3) is 2.32. The maximum Gasteiger partial charge on any atom is 0.0431 e. The van der Waals surface area contributed by atoms with Gasteiger partial charge in [0.05, 0.1) is 0 Å². The number of anilines is 1.